The molecular weight excluding hydrogens is 321 g/mol. The third kappa shape index (κ3) is 5.12. The van der Waals surface area contributed by atoms with Gasteiger partial charge in [-0.15, -0.1) is 0 Å². The second-order valence-corrected chi connectivity index (χ2v) is 6.24. The predicted octanol–water partition coefficient (Wildman–Crippen LogP) is 3.18. The smallest absolute Gasteiger partial charge is 0.422 e. The first-order valence-corrected chi connectivity index (χ1v) is 8.10. The summed E-state index contributed by atoms with van der Waals surface area (Å²) >= 11 is 0. The van der Waals surface area contributed by atoms with E-state index in [2.05, 4.69) is 10.1 Å². The summed E-state index contributed by atoms with van der Waals surface area (Å²) in [5.41, 5.74) is 6.52. The van der Waals surface area contributed by atoms with Gasteiger partial charge < -0.3 is 15.8 Å². The van der Waals surface area contributed by atoms with Gasteiger partial charge in [-0.25, -0.2) is 0 Å². The van der Waals surface area contributed by atoms with Gasteiger partial charge in [-0.05, 0) is 49.9 Å². The number of benzene rings is 1. The molecule has 0 radical (unpaired) electrons. The molecule has 1 saturated carbocycles. The zero-order valence-electron chi connectivity index (χ0n) is 13.6. The fourth-order valence-corrected chi connectivity index (χ4v) is 3.09. The third-order valence-corrected chi connectivity index (χ3v) is 4.44. The van der Waals surface area contributed by atoms with Gasteiger partial charge in [0.2, 0.25) is 5.91 Å². The van der Waals surface area contributed by atoms with Gasteiger partial charge in [-0.3, -0.25) is 4.79 Å². The lowest BCUT2D eigenvalue weighted by Crippen LogP contribution is -2.36. The molecule has 1 aliphatic carbocycles. The topological polar surface area (TPSA) is 64.4 Å². The number of carbonyl (C=O) groups excluding carboxylic acids is 1. The number of hydrogen-bond acceptors (Lipinski definition) is 3. The molecule has 0 saturated heterocycles. The number of ether oxygens (including phenoxy) is 1. The fourth-order valence-electron chi connectivity index (χ4n) is 3.09. The highest BCUT2D eigenvalue weighted by atomic mass is 19.4. The fraction of sp³-hybridized carbons (Fsp3) is 0.588. The quantitative estimate of drug-likeness (QED) is 0.833. The molecule has 1 fully saturated rings. The zero-order valence-corrected chi connectivity index (χ0v) is 13.6. The van der Waals surface area contributed by atoms with Gasteiger partial charge in [0.25, 0.3) is 0 Å². The van der Waals surface area contributed by atoms with Crippen LogP contribution in [0.5, 0.6) is 5.75 Å². The zero-order chi connectivity index (χ0) is 17.7. The van der Waals surface area contributed by atoms with Crippen molar-refractivity contribution < 1.29 is 22.7 Å². The molecule has 0 aromatic heterocycles. The molecule has 1 unspecified atom stereocenters. The third-order valence-electron chi connectivity index (χ3n) is 4.44. The first-order chi connectivity index (χ1) is 11.3. The molecular formula is C17H23F3N2O2. The molecule has 0 spiro atoms. The van der Waals surface area contributed by atoms with Gasteiger partial charge in [-0.1, -0.05) is 18.6 Å². The van der Waals surface area contributed by atoms with Crippen LogP contribution in [0.2, 0.25) is 0 Å². The van der Waals surface area contributed by atoms with E-state index in [0.29, 0.717) is 6.54 Å². The van der Waals surface area contributed by atoms with E-state index < -0.39 is 12.8 Å². The second kappa shape index (κ2) is 7.88. The Hall–Kier alpha value is -1.76. The highest BCUT2D eigenvalue weighted by Gasteiger charge is 2.32. The van der Waals surface area contributed by atoms with Gasteiger partial charge in [0.1, 0.15) is 5.75 Å². The summed E-state index contributed by atoms with van der Waals surface area (Å²) in [6.07, 6.45) is -1.51. The Morgan fingerprint density at radius 3 is 2.58 bits per heavy atom. The first kappa shape index (κ1) is 18.6. The van der Waals surface area contributed by atoms with Crippen LogP contribution < -0.4 is 15.8 Å². The van der Waals surface area contributed by atoms with E-state index >= 15 is 0 Å². The van der Waals surface area contributed by atoms with Gasteiger partial charge >= 0.3 is 6.18 Å². The lowest BCUT2D eigenvalue weighted by atomic mass is 9.94. The molecule has 0 aliphatic heterocycles. The van der Waals surface area contributed by atoms with Gasteiger partial charge in [0.15, 0.2) is 6.61 Å². The molecule has 3 N–H and O–H groups in total. The Kier molecular flexibility index (Phi) is 6.10. The SMILES string of the molecule is CC(NC(=O)[C@@H]1CCC[C@@H]1CN)c1ccc(OCC(F)(F)F)cc1. The Labute approximate surface area is 139 Å². The van der Waals surface area contributed by atoms with Crippen molar-refractivity contribution in [3.05, 3.63) is 29.8 Å². The molecule has 3 atom stereocenters. The minimum Gasteiger partial charge on any atom is -0.484 e. The maximum Gasteiger partial charge on any atom is 0.422 e. The average molecular weight is 344 g/mol. The Morgan fingerprint density at radius 1 is 1.33 bits per heavy atom. The molecule has 1 aliphatic rings. The van der Waals surface area contributed by atoms with E-state index in [1.165, 1.54) is 12.1 Å². The van der Waals surface area contributed by atoms with Crippen LogP contribution in [0, 0.1) is 11.8 Å². The van der Waals surface area contributed by atoms with Crippen molar-refractivity contribution in [3.8, 4) is 5.75 Å². The number of nitrogens with one attached hydrogen (secondary N) is 1. The maximum absolute atomic E-state index is 12.4. The molecule has 134 valence electrons. The van der Waals surface area contributed by atoms with Crippen LogP contribution >= 0.6 is 0 Å². The van der Waals surface area contributed by atoms with Gasteiger partial charge in [0, 0.05) is 5.92 Å². The largest absolute Gasteiger partial charge is 0.484 e. The molecule has 1 amide bonds. The van der Waals surface area contributed by atoms with Crippen LogP contribution in [0.25, 0.3) is 0 Å². The monoisotopic (exact) mass is 344 g/mol. The first-order valence-electron chi connectivity index (χ1n) is 8.10. The lowest BCUT2D eigenvalue weighted by molar-refractivity contribution is -0.153. The summed E-state index contributed by atoms with van der Waals surface area (Å²) in [5, 5.41) is 2.96. The van der Waals surface area contributed by atoms with E-state index in [-0.39, 0.29) is 29.5 Å². The number of amides is 1. The summed E-state index contributed by atoms with van der Waals surface area (Å²) in [6, 6.07) is 6.04. The van der Waals surface area contributed by atoms with E-state index in [1.807, 2.05) is 6.92 Å². The number of nitrogens with two attached hydrogens (primary N) is 1. The minimum absolute atomic E-state index is 0.00662. The lowest BCUT2D eigenvalue weighted by Gasteiger charge is -2.21. The number of rotatable bonds is 6. The predicted molar refractivity (Wildman–Crippen MR) is 84.4 cm³/mol. The number of hydrogen-bond donors (Lipinski definition) is 2. The summed E-state index contributed by atoms with van der Waals surface area (Å²) in [5.74, 6) is 0.323. The molecule has 1 aromatic rings. The van der Waals surface area contributed by atoms with Gasteiger partial charge in [-0.2, -0.15) is 13.2 Å². The Balaban J connectivity index is 1.90. The van der Waals surface area contributed by atoms with Crippen molar-refractivity contribution >= 4 is 5.91 Å². The Morgan fingerprint density at radius 2 is 2.00 bits per heavy atom. The summed E-state index contributed by atoms with van der Waals surface area (Å²) in [6.45, 7) is 1.04. The van der Waals surface area contributed by atoms with Crippen molar-refractivity contribution in [2.45, 2.75) is 38.4 Å². The average Bonchev–Trinajstić information content (AvgIpc) is 3.01. The normalized spacial score (nSPS) is 22.2. The van der Waals surface area contributed by atoms with E-state index in [0.717, 1.165) is 24.8 Å². The van der Waals surface area contributed by atoms with Crippen LogP contribution in [0.1, 0.15) is 37.8 Å². The van der Waals surface area contributed by atoms with E-state index in [4.69, 9.17) is 5.73 Å². The summed E-state index contributed by atoms with van der Waals surface area (Å²) < 4.78 is 41.0. The minimum atomic E-state index is -4.36. The Bertz CT molecular complexity index is 546. The van der Waals surface area contributed by atoms with Crippen LogP contribution in [0.3, 0.4) is 0 Å². The number of alkyl halides is 3. The number of carbonyl (C=O) groups is 1. The van der Waals surface area contributed by atoms with Crippen LogP contribution in [0.15, 0.2) is 24.3 Å². The molecule has 4 nitrogen and oxygen atoms in total. The molecule has 2 rings (SSSR count). The highest BCUT2D eigenvalue weighted by Crippen LogP contribution is 2.31. The van der Waals surface area contributed by atoms with Gasteiger partial charge in [0.05, 0.1) is 6.04 Å². The van der Waals surface area contributed by atoms with Crippen LogP contribution in [0.4, 0.5) is 13.2 Å². The van der Waals surface area contributed by atoms with E-state index in [9.17, 15) is 18.0 Å². The standard InChI is InChI=1S/C17H23F3N2O2/c1-11(22-16(23)15-4-2-3-13(15)9-21)12-5-7-14(8-6-12)24-10-17(18,19)20/h5-8,11,13,15H,2-4,9-10,21H2,1H3,(H,22,23)/t11?,13-,15-/m1/s1. The number of halogens is 3. The summed E-state index contributed by atoms with van der Waals surface area (Å²) in [7, 11) is 0. The molecule has 1 aromatic carbocycles. The van der Waals surface area contributed by atoms with Crippen molar-refractivity contribution in [2.75, 3.05) is 13.2 Å². The second-order valence-electron chi connectivity index (χ2n) is 6.24. The van der Waals surface area contributed by atoms with Crippen molar-refractivity contribution in [3.63, 3.8) is 0 Å². The molecule has 0 heterocycles. The maximum atomic E-state index is 12.4. The van der Waals surface area contributed by atoms with Crippen LogP contribution in [-0.2, 0) is 4.79 Å². The van der Waals surface area contributed by atoms with Crippen molar-refractivity contribution in [1.82, 2.24) is 5.32 Å². The molecule has 24 heavy (non-hydrogen) atoms. The van der Waals surface area contributed by atoms with Crippen molar-refractivity contribution in [2.24, 2.45) is 17.6 Å². The van der Waals surface area contributed by atoms with Crippen LogP contribution in [-0.4, -0.2) is 25.2 Å². The van der Waals surface area contributed by atoms with E-state index in [1.54, 1.807) is 12.1 Å². The highest BCUT2D eigenvalue weighted by molar-refractivity contribution is 5.79. The summed E-state index contributed by atoms with van der Waals surface area (Å²) in [4.78, 5) is 12.4. The molecule has 7 heteroatoms. The molecule has 0 bridgehead atoms. The van der Waals surface area contributed by atoms with Crippen molar-refractivity contribution in [1.29, 1.82) is 0 Å².